The first-order chi connectivity index (χ1) is 7.45. The SMILES string of the molecule is CCN(CC)CCCC(C)O[Si](C)(C)CC. The van der Waals surface area contributed by atoms with Gasteiger partial charge in [-0.3, -0.25) is 0 Å². The minimum Gasteiger partial charge on any atom is -0.415 e. The molecular formula is C13H31NOSi. The molecule has 0 aliphatic rings. The van der Waals surface area contributed by atoms with Gasteiger partial charge in [0.15, 0.2) is 8.32 Å². The Morgan fingerprint density at radius 3 is 2.12 bits per heavy atom. The third-order valence-electron chi connectivity index (χ3n) is 3.35. The summed E-state index contributed by atoms with van der Waals surface area (Å²) in [6.45, 7) is 17.1. The number of hydrogen-bond donors (Lipinski definition) is 0. The predicted octanol–water partition coefficient (Wildman–Crippen LogP) is 3.74. The van der Waals surface area contributed by atoms with Crippen molar-refractivity contribution in [3.63, 3.8) is 0 Å². The van der Waals surface area contributed by atoms with E-state index in [1.54, 1.807) is 0 Å². The molecule has 0 amide bonds. The molecule has 16 heavy (non-hydrogen) atoms. The van der Waals surface area contributed by atoms with Gasteiger partial charge in [0, 0.05) is 6.10 Å². The lowest BCUT2D eigenvalue weighted by atomic mass is 10.2. The molecule has 0 fully saturated rings. The second-order valence-corrected chi connectivity index (χ2v) is 9.67. The van der Waals surface area contributed by atoms with Gasteiger partial charge in [-0.15, -0.1) is 0 Å². The summed E-state index contributed by atoms with van der Waals surface area (Å²) in [7, 11) is -1.35. The van der Waals surface area contributed by atoms with Crippen molar-refractivity contribution in [2.24, 2.45) is 0 Å². The van der Waals surface area contributed by atoms with Crippen molar-refractivity contribution < 1.29 is 4.43 Å². The van der Waals surface area contributed by atoms with Gasteiger partial charge >= 0.3 is 0 Å². The molecule has 0 aliphatic heterocycles. The van der Waals surface area contributed by atoms with Crippen molar-refractivity contribution in [2.75, 3.05) is 19.6 Å². The zero-order valence-electron chi connectivity index (χ0n) is 12.2. The Morgan fingerprint density at radius 1 is 1.12 bits per heavy atom. The number of rotatable bonds is 9. The van der Waals surface area contributed by atoms with Gasteiger partial charge in [-0.2, -0.15) is 0 Å². The molecule has 0 saturated heterocycles. The van der Waals surface area contributed by atoms with Gasteiger partial charge in [-0.1, -0.05) is 20.8 Å². The first-order valence-corrected chi connectivity index (χ1v) is 9.96. The van der Waals surface area contributed by atoms with Crippen LogP contribution in [-0.4, -0.2) is 39.0 Å². The van der Waals surface area contributed by atoms with Gasteiger partial charge in [0.05, 0.1) is 0 Å². The van der Waals surface area contributed by atoms with E-state index in [1.165, 1.54) is 38.5 Å². The van der Waals surface area contributed by atoms with E-state index in [-0.39, 0.29) is 0 Å². The molecule has 0 bridgehead atoms. The third kappa shape index (κ3) is 7.42. The van der Waals surface area contributed by atoms with Crippen LogP contribution >= 0.6 is 0 Å². The summed E-state index contributed by atoms with van der Waals surface area (Å²) in [5.74, 6) is 0. The van der Waals surface area contributed by atoms with Gasteiger partial charge in [0.25, 0.3) is 0 Å². The highest BCUT2D eigenvalue weighted by molar-refractivity contribution is 6.71. The van der Waals surface area contributed by atoms with Crippen LogP contribution in [0.15, 0.2) is 0 Å². The summed E-state index contributed by atoms with van der Waals surface area (Å²) in [6, 6.07) is 1.22. The maximum Gasteiger partial charge on any atom is 0.186 e. The third-order valence-corrected chi connectivity index (χ3v) is 6.09. The highest BCUT2D eigenvalue weighted by atomic mass is 28.4. The van der Waals surface area contributed by atoms with Crippen molar-refractivity contribution in [3.8, 4) is 0 Å². The fourth-order valence-electron chi connectivity index (χ4n) is 1.83. The smallest absolute Gasteiger partial charge is 0.186 e. The van der Waals surface area contributed by atoms with E-state index in [0.717, 1.165) is 0 Å². The molecule has 0 spiro atoms. The molecule has 0 radical (unpaired) electrons. The van der Waals surface area contributed by atoms with Crippen LogP contribution < -0.4 is 0 Å². The van der Waals surface area contributed by atoms with Gasteiger partial charge in [-0.05, 0) is 58.5 Å². The van der Waals surface area contributed by atoms with Gasteiger partial charge in [0.2, 0.25) is 0 Å². The van der Waals surface area contributed by atoms with E-state index in [0.29, 0.717) is 6.10 Å². The van der Waals surface area contributed by atoms with Gasteiger partial charge in [0.1, 0.15) is 0 Å². The second kappa shape index (κ2) is 8.26. The highest BCUT2D eigenvalue weighted by Crippen LogP contribution is 2.15. The van der Waals surface area contributed by atoms with Crippen LogP contribution in [0.4, 0.5) is 0 Å². The molecule has 0 aliphatic carbocycles. The average molecular weight is 245 g/mol. The molecule has 98 valence electrons. The molecule has 1 atom stereocenters. The number of nitrogens with zero attached hydrogens (tertiary/aromatic N) is 1. The first-order valence-electron chi connectivity index (χ1n) is 6.85. The fourth-order valence-corrected chi connectivity index (χ4v) is 3.20. The zero-order chi connectivity index (χ0) is 12.6. The molecule has 0 N–H and O–H groups in total. The maximum absolute atomic E-state index is 6.16. The molecule has 0 aromatic heterocycles. The van der Waals surface area contributed by atoms with Crippen molar-refractivity contribution >= 4 is 8.32 Å². The van der Waals surface area contributed by atoms with Gasteiger partial charge < -0.3 is 9.33 Å². The van der Waals surface area contributed by atoms with E-state index in [2.05, 4.69) is 45.7 Å². The summed E-state index contributed by atoms with van der Waals surface area (Å²) in [5, 5.41) is 0. The lowest BCUT2D eigenvalue weighted by molar-refractivity contribution is 0.187. The molecule has 2 nitrogen and oxygen atoms in total. The van der Waals surface area contributed by atoms with E-state index < -0.39 is 8.32 Å². The molecule has 3 heteroatoms. The molecule has 0 aromatic rings. The average Bonchev–Trinajstić information content (AvgIpc) is 2.24. The Kier molecular flexibility index (Phi) is 8.33. The Morgan fingerprint density at radius 2 is 1.69 bits per heavy atom. The maximum atomic E-state index is 6.16. The van der Waals surface area contributed by atoms with E-state index in [9.17, 15) is 0 Å². The van der Waals surface area contributed by atoms with Crippen LogP contribution in [0.2, 0.25) is 19.1 Å². The highest BCUT2D eigenvalue weighted by Gasteiger charge is 2.22. The first kappa shape index (κ1) is 16.1. The molecule has 0 rings (SSSR count). The summed E-state index contributed by atoms with van der Waals surface area (Å²) in [5.41, 5.74) is 0. The summed E-state index contributed by atoms with van der Waals surface area (Å²) < 4.78 is 6.16. The Bertz CT molecular complexity index is 169. The molecular weight excluding hydrogens is 214 g/mol. The van der Waals surface area contributed by atoms with Crippen molar-refractivity contribution in [1.82, 2.24) is 4.90 Å². The monoisotopic (exact) mass is 245 g/mol. The van der Waals surface area contributed by atoms with Crippen LogP contribution in [0.3, 0.4) is 0 Å². The van der Waals surface area contributed by atoms with E-state index in [1.807, 2.05) is 0 Å². The largest absolute Gasteiger partial charge is 0.415 e. The zero-order valence-corrected chi connectivity index (χ0v) is 13.2. The molecule has 0 aromatic carbocycles. The quantitative estimate of drug-likeness (QED) is 0.574. The second-order valence-electron chi connectivity index (χ2n) is 5.21. The van der Waals surface area contributed by atoms with Gasteiger partial charge in [-0.25, -0.2) is 0 Å². The van der Waals surface area contributed by atoms with Crippen LogP contribution in [0.5, 0.6) is 0 Å². The summed E-state index contributed by atoms with van der Waals surface area (Å²) >= 11 is 0. The van der Waals surface area contributed by atoms with Crippen molar-refractivity contribution in [2.45, 2.75) is 65.8 Å². The predicted molar refractivity (Wildman–Crippen MR) is 75.5 cm³/mol. The lowest BCUT2D eigenvalue weighted by Gasteiger charge is -2.27. The lowest BCUT2D eigenvalue weighted by Crippen LogP contribution is -2.34. The minimum atomic E-state index is -1.35. The Hall–Kier alpha value is 0.137. The van der Waals surface area contributed by atoms with Crippen LogP contribution in [0, 0.1) is 0 Å². The fraction of sp³-hybridized carbons (Fsp3) is 1.00. The van der Waals surface area contributed by atoms with Crippen molar-refractivity contribution in [3.05, 3.63) is 0 Å². The normalized spacial score (nSPS) is 14.4. The van der Waals surface area contributed by atoms with E-state index >= 15 is 0 Å². The summed E-state index contributed by atoms with van der Waals surface area (Å²) in [6.07, 6.45) is 2.90. The van der Waals surface area contributed by atoms with E-state index in [4.69, 9.17) is 4.43 Å². The van der Waals surface area contributed by atoms with Crippen LogP contribution in [0.1, 0.15) is 40.5 Å². The Balaban J connectivity index is 3.69. The minimum absolute atomic E-state index is 0.442. The Labute approximate surface area is 103 Å². The standard InChI is InChI=1S/C13H31NOSi/c1-7-14(8-2)12-10-11-13(4)15-16(5,6)9-3/h13H,7-12H2,1-6H3. The molecule has 0 heterocycles. The van der Waals surface area contributed by atoms with Crippen molar-refractivity contribution in [1.29, 1.82) is 0 Å². The van der Waals surface area contributed by atoms with Crippen LogP contribution in [0.25, 0.3) is 0 Å². The van der Waals surface area contributed by atoms with Crippen LogP contribution in [-0.2, 0) is 4.43 Å². The molecule has 0 saturated carbocycles. The summed E-state index contributed by atoms with van der Waals surface area (Å²) in [4.78, 5) is 2.48. The topological polar surface area (TPSA) is 12.5 Å². The number of hydrogen-bond acceptors (Lipinski definition) is 2. The molecule has 1 unspecified atom stereocenters.